The Bertz CT molecular complexity index is 631. The van der Waals surface area contributed by atoms with Crippen molar-refractivity contribution >= 4 is 0 Å². The Hall–Kier alpha value is -2.41. The van der Waals surface area contributed by atoms with Crippen molar-refractivity contribution in [2.24, 2.45) is 0 Å². The molecule has 1 aromatic carbocycles. The molecule has 0 spiro atoms. The Morgan fingerprint density at radius 2 is 1.94 bits per heavy atom. The van der Waals surface area contributed by atoms with Gasteiger partial charge in [-0.2, -0.15) is 5.26 Å². The van der Waals surface area contributed by atoms with Crippen molar-refractivity contribution in [2.45, 2.75) is 19.3 Å². The SMILES string of the molecule is N#Cc1nccnc1Oc1ccc2c(c1)CCC2. The third-order valence-electron chi connectivity index (χ3n) is 3.06. The predicted octanol–water partition coefficient (Wildman–Crippen LogP) is 2.63. The van der Waals surface area contributed by atoms with Gasteiger partial charge in [0.05, 0.1) is 0 Å². The second kappa shape index (κ2) is 4.46. The van der Waals surface area contributed by atoms with Crippen LogP contribution in [-0.4, -0.2) is 9.97 Å². The number of benzene rings is 1. The maximum atomic E-state index is 8.92. The van der Waals surface area contributed by atoms with Crippen LogP contribution in [0.4, 0.5) is 0 Å². The third kappa shape index (κ3) is 1.91. The van der Waals surface area contributed by atoms with E-state index >= 15 is 0 Å². The lowest BCUT2D eigenvalue weighted by molar-refractivity contribution is 0.457. The van der Waals surface area contributed by atoms with Crippen LogP contribution in [0.2, 0.25) is 0 Å². The van der Waals surface area contributed by atoms with Crippen LogP contribution >= 0.6 is 0 Å². The molecule has 1 aromatic heterocycles. The van der Waals surface area contributed by atoms with Gasteiger partial charge in [-0.1, -0.05) is 6.07 Å². The Morgan fingerprint density at radius 1 is 1.11 bits per heavy atom. The van der Waals surface area contributed by atoms with Crippen molar-refractivity contribution in [3.8, 4) is 17.7 Å². The maximum absolute atomic E-state index is 8.92. The fourth-order valence-corrected chi connectivity index (χ4v) is 2.20. The van der Waals surface area contributed by atoms with Crippen LogP contribution in [0.5, 0.6) is 11.6 Å². The van der Waals surface area contributed by atoms with Crippen LogP contribution in [0.15, 0.2) is 30.6 Å². The zero-order valence-electron chi connectivity index (χ0n) is 9.76. The summed E-state index contributed by atoms with van der Waals surface area (Å²) >= 11 is 0. The average Bonchev–Trinajstić information content (AvgIpc) is 2.87. The first kappa shape index (κ1) is 10.7. The molecule has 2 aromatic rings. The monoisotopic (exact) mass is 237 g/mol. The van der Waals surface area contributed by atoms with E-state index in [9.17, 15) is 0 Å². The molecule has 18 heavy (non-hydrogen) atoms. The Kier molecular flexibility index (Phi) is 2.66. The molecule has 0 radical (unpaired) electrons. The quantitative estimate of drug-likeness (QED) is 0.805. The number of rotatable bonds is 2. The van der Waals surface area contributed by atoms with Crippen LogP contribution in [0.1, 0.15) is 23.2 Å². The van der Waals surface area contributed by atoms with Gasteiger partial charge in [0, 0.05) is 12.4 Å². The van der Waals surface area contributed by atoms with E-state index in [0.29, 0.717) is 5.75 Å². The topological polar surface area (TPSA) is 58.8 Å². The van der Waals surface area contributed by atoms with Crippen molar-refractivity contribution in [1.29, 1.82) is 5.26 Å². The van der Waals surface area contributed by atoms with Crippen LogP contribution in [0, 0.1) is 11.3 Å². The molecule has 0 bridgehead atoms. The zero-order chi connectivity index (χ0) is 12.4. The molecule has 0 unspecified atom stereocenters. The lowest BCUT2D eigenvalue weighted by Crippen LogP contribution is -1.94. The number of ether oxygens (including phenoxy) is 1. The number of nitriles is 1. The number of fused-ring (bicyclic) bond motifs is 1. The summed E-state index contributed by atoms with van der Waals surface area (Å²) in [5.74, 6) is 0.977. The number of hydrogen-bond donors (Lipinski definition) is 0. The summed E-state index contributed by atoms with van der Waals surface area (Å²) in [6, 6.07) is 8.00. The molecule has 1 heterocycles. The third-order valence-corrected chi connectivity index (χ3v) is 3.06. The highest BCUT2D eigenvalue weighted by Gasteiger charge is 2.13. The molecule has 0 fully saturated rings. The number of aryl methyl sites for hydroxylation is 2. The van der Waals surface area contributed by atoms with Gasteiger partial charge in [-0.3, -0.25) is 0 Å². The maximum Gasteiger partial charge on any atom is 0.256 e. The van der Waals surface area contributed by atoms with E-state index in [4.69, 9.17) is 10.00 Å². The molecule has 0 saturated carbocycles. The van der Waals surface area contributed by atoms with Gasteiger partial charge in [-0.15, -0.1) is 0 Å². The summed E-state index contributed by atoms with van der Waals surface area (Å²) in [5.41, 5.74) is 2.93. The fourth-order valence-electron chi connectivity index (χ4n) is 2.20. The summed E-state index contributed by atoms with van der Waals surface area (Å²) in [5, 5.41) is 8.92. The molecule has 4 nitrogen and oxygen atoms in total. The van der Waals surface area contributed by atoms with E-state index < -0.39 is 0 Å². The summed E-state index contributed by atoms with van der Waals surface area (Å²) < 4.78 is 5.63. The minimum atomic E-state index is 0.206. The van der Waals surface area contributed by atoms with E-state index in [1.807, 2.05) is 18.2 Å². The largest absolute Gasteiger partial charge is 0.436 e. The highest BCUT2D eigenvalue weighted by Crippen LogP contribution is 2.28. The lowest BCUT2D eigenvalue weighted by Gasteiger charge is -2.07. The minimum absolute atomic E-state index is 0.206. The number of hydrogen-bond acceptors (Lipinski definition) is 4. The van der Waals surface area contributed by atoms with Gasteiger partial charge >= 0.3 is 0 Å². The first-order chi connectivity index (χ1) is 8.86. The van der Waals surface area contributed by atoms with Gasteiger partial charge in [-0.05, 0) is 42.5 Å². The molecule has 0 saturated heterocycles. The standard InChI is InChI=1S/C14H11N3O/c15-9-13-14(17-7-6-16-13)18-12-5-4-10-2-1-3-11(10)8-12/h4-8H,1-3H2. The number of aromatic nitrogens is 2. The van der Waals surface area contributed by atoms with Crippen molar-refractivity contribution in [3.63, 3.8) is 0 Å². The summed E-state index contributed by atoms with van der Waals surface area (Å²) in [4.78, 5) is 7.95. The van der Waals surface area contributed by atoms with E-state index in [0.717, 1.165) is 12.8 Å². The minimum Gasteiger partial charge on any atom is -0.436 e. The fraction of sp³-hybridized carbons (Fsp3) is 0.214. The Balaban J connectivity index is 1.91. The van der Waals surface area contributed by atoms with Crippen LogP contribution < -0.4 is 4.74 Å². The highest BCUT2D eigenvalue weighted by molar-refractivity contribution is 5.41. The van der Waals surface area contributed by atoms with Crippen molar-refractivity contribution in [1.82, 2.24) is 9.97 Å². The second-order valence-corrected chi connectivity index (χ2v) is 4.21. The molecule has 1 aliphatic carbocycles. The molecule has 0 N–H and O–H groups in total. The summed E-state index contributed by atoms with van der Waals surface area (Å²) in [6.45, 7) is 0. The van der Waals surface area contributed by atoms with Gasteiger partial charge in [0.1, 0.15) is 11.8 Å². The normalized spacial score (nSPS) is 12.8. The van der Waals surface area contributed by atoms with E-state index in [1.165, 1.54) is 29.9 Å². The van der Waals surface area contributed by atoms with Crippen molar-refractivity contribution in [2.75, 3.05) is 0 Å². The van der Waals surface area contributed by atoms with E-state index in [2.05, 4.69) is 16.0 Å². The van der Waals surface area contributed by atoms with Gasteiger partial charge in [0.25, 0.3) is 5.88 Å². The van der Waals surface area contributed by atoms with Crippen molar-refractivity contribution < 1.29 is 4.74 Å². The van der Waals surface area contributed by atoms with Crippen LogP contribution in [0.25, 0.3) is 0 Å². The second-order valence-electron chi connectivity index (χ2n) is 4.21. The highest BCUT2D eigenvalue weighted by atomic mass is 16.5. The number of nitrogens with zero attached hydrogens (tertiary/aromatic N) is 3. The predicted molar refractivity (Wildman–Crippen MR) is 65.3 cm³/mol. The van der Waals surface area contributed by atoms with E-state index in [-0.39, 0.29) is 11.6 Å². The first-order valence-corrected chi connectivity index (χ1v) is 5.87. The molecule has 4 heteroatoms. The molecule has 88 valence electrons. The molecule has 1 aliphatic rings. The van der Waals surface area contributed by atoms with E-state index in [1.54, 1.807) is 0 Å². The molecule has 3 rings (SSSR count). The van der Waals surface area contributed by atoms with Gasteiger partial charge < -0.3 is 4.74 Å². The Labute approximate surface area is 105 Å². The lowest BCUT2D eigenvalue weighted by atomic mass is 10.1. The van der Waals surface area contributed by atoms with Crippen LogP contribution in [-0.2, 0) is 12.8 Å². The smallest absolute Gasteiger partial charge is 0.256 e. The van der Waals surface area contributed by atoms with Crippen LogP contribution in [0.3, 0.4) is 0 Å². The molecular formula is C14H11N3O. The summed E-state index contributed by atoms with van der Waals surface area (Å²) in [7, 11) is 0. The molecule has 0 atom stereocenters. The summed E-state index contributed by atoms with van der Waals surface area (Å²) in [6.07, 6.45) is 6.44. The van der Waals surface area contributed by atoms with Gasteiger partial charge in [0.2, 0.25) is 5.69 Å². The molecule has 0 amide bonds. The average molecular weight is 237 g/mol. The van der Waals surface area contributed by atoms with Gasteiger partial charge in [-0.25, -0.2) is 9.97 Å². The molecule has 0 aliphatic heterocycles. The van der Waals surface area contributed by atoms with Crippen molar-refractivity contribution in [3.05, 3.63) is 47.4 Å². The van der Waals surface area contributed by atoms with Gasteiger partial charge in [0.15, 0.2) is 0 Å². The Morgan fingerprint density at radius 3 is 2.83 bits per heavy atom. The molecular weight excluding hydrogens is 226 g/mol. The zero-order valence-corrected chi connectivity index (χ0v) is 9.76. The first-order valence-electron chi connectivity index (χ1n) is 5.87.